The van der Waals surface area contributed by atoms with Crippen LogP contribution in [-0.4, -0.2) is 29.0 Å². The first-order valence-corrected chi connectivity index (χ1v) is 7.51. The van der Waals surface area contributed by atoms with Crippen LogP contribution in [0.25, 0.3) is 0 Å². The lowest BCUT2D eigenvalue weighted by molar-refractivity contribution is 0.241. The average molecular weight is 327 g/mol. The van der Waals surface area contributed by atoms with Gasteiger partial charge in [-0.3, -0.25) is 4.98 Å². The fourth-order valence-electron chi connectivity index (χ4n) is 1.77. The quantitative estimate of drug-likeness (QED) is 0.600. The van der Waals surface area contributed by atoms with Gasteiger partial charge in [-0.25, -0.2) is 9.98 Å². The summed E-state index contributed by atoms with van der Waals surface area (Å²) in [5.74, 6) is 2.34. The number of hydrogen-bond donors (Lipinski definition) is 2. The van der Waals surface area contributed by atoms with E-state index in [0.717, 1.165) is 0 Å². The topological polar surface area (TPSA) is 94.7 Å². The summed E-state index contributed by atoms with van der Waals surface area (Å²) in [4.78, 5) is 12.6. The molecule has 7 nitrogen and oxygen atoms in total. The van der Waals surface area contributed by atoms with Crippen LogP contribution in [0.4, 0.5) is 5.82 Å². The molecule has 0 unspecified atom stereocenters. The van der Waals surface area contributed by atoms with Gasteiger partial charge in [0.15, 0.2) is 11.6 Å². The Kier molecular flexibility index (Phi) is 6.13. The van der Waals surface area contributed by atoms with Gasteiger partial charge in [0.05, 0.1) is 18.5 Å². The van der Waals surface area contributed by atoms with Crippen LogP contribution in [0.2, 0.25) is 0 Å². The average Bonchev–Trinajstić information content (AvgIpc) is 2.56. The van der Waals surface area contributed by atoms with Gasteiger partial charge < -0.3 is 20.5 Å². The van der Waals surface area contributed by atoms with Crippen LogP contribution in [0.5, 0.6) is 17.2 Å². The highest BCUT2D eigenvalue weighted by atomic mass is 16.5. The second kappa shape index (κ2) is 8.52. The maximum Gasteiger partial charge on any atom is 0.197 e. The van der Waals surface area contributed by atoms with Crippen molar-refractivity contribution >= 4 is 11.7 Å². The monoisotopic (exact) mass is 327 g/mol. The Morgan fingerprint density at radius 3 is 2.83 bits per heavy atom. The van der Waals surface area contributed by atoms with Gasteiger partial charge in [0.2, 0.25) is 0 Å². The first kappa shape index (κ1) is 17.3. The van der Waals surface area contributed by atoms with Crippen LogP contribution in [0.3, 0.4) is 0 Å². The van der Waals surface area contributed by atoms with Crippen molar-refractivity contribution < 1.29 is 9.47 Å². The van der Waals surface area contributed by atoms with Gasteiger partial charge in [-0.15, -0.1) is 0 Å². The molecule has 0 radical (unpaired) electrons. The molecule has 0 aliphatic rings. The molecule has 2 rings (SSSR count). The number of nitrogens with zero attached hydrogens (tertiary/aromatic N) is 3. The summed E-state index contributed by atoms with van der Waals surface area (Å²) < 4.78 is 11.5. The molecule has 2 heterocycles. The van der Waals surface area contributed by atoms with E-state index in [1.807, 2.05) is 19.9 Å². The van der Waals surface area contributed by atoms with E-state index in [4.69, 9.17) is 15.2 Å². The third kappa shape index (κ3) is 5.28. The highest BCUT2D eigenvalue weighted by Crippen LogP contribution is 2.32. The van der Waals surface area contributed by atoms with E-state index < -0.39 is 0 Å². The Morgan fingerprint density at radius 2 is 2.17 bits per heavy atom. The number of hydrogen-bond acceptors (Lipinski definition) is 6. The number of nitrogens with two attached hydrogens (primary N) is 1. The van der Waals surface area contributed by atoms with E-state index in [1.54, 1.807) is 50.0 Å². The van der Waals surface area contributed by atoms with Crippen LogP contribution >= 0.6 is 0 Å². The Morgan fingerprint density at radius 1 is 1.33 bits per heavy atom. The van der Waals surface area contributed by atoms with Gasteiger partial charge in [-0.1, -0.05) is 0 Å². The number of amidine groups is 1. The Labute approximate surface area is 141 Å². The molecule has 0 bridgehead atoms. The summed E-state index contributed by atoms with van der Waals surface area (Å²) >= 11 is 0. The number of nitrogens with one attached hydrogen (secondary N) is 1. The summed E-state index contributed by atoms with van der Waals surface area (Å²) in [6.07, 6.45) is 8.15. The van der Waals surface area contributed by atoms with Crippen molar-refractivity contribution in [1.29, 1.82) is 0 Å². The van der Waals surface area contributed by atoms with E-state index in [2.05, 4.69) is 20.3 Å². The van der Waals surface area contributed by atoms with E-state index >= 15 is 0 Å². The lowest BCUT2D eigenvalue weighted by Crippen LogP contribution is -2.10. The Hall–Kier alpha value is -3.09. The minimum atomic E-state index is -0.0385. The van der Waals surface area contributed by atoms with Crippen LogP contribution < -0.4 is 20.5 Å². The molecule has 2 aromatic rings. The molecule has 0 saturated carbocycles. The lowest BCUT2D eigenvalue weighted by atomic mass is 10.3. The molecule has 0 atom stereocenters. The summed E-state index contributed by atoms with van der Waals surface area (Å²) in [6.45, 7) is 3.85. The van der Waals surface area contributed by atoms with Crippen molar-refractivity contribution in [3.63, 3.8) is 0 Å². The highest BCUT2D eigenvalue weighted by Gasteiger charge is 2.10. The first-order valence-electron chi connectivity index (χ1n) is 7.51. The zero-order valence-corrected chi connectivity index (χ0v) is 13.9. The number of rotatable bonds is 7. The SMILES string of the molecule is CN/C=C\C(N)=N/c1ncc(Oc2cccnc2)cc1OC(C)C. The summed E-state index contributed by atoms with van der Waals surface area (Å²) in [5, 5.41) is 2.85. The molecule has 7 heteroatoms. The second-order valence-corrected chi connectivity index (χ2v) is 5.11. The van der Waals surface area contributed by atoms with Crippen molar-refractivity contribution in [3.8, 4) is 17.2 Å². The third-order valence-corrected chi connectivity index (χ3v) is 2.70. The number of aliphatic imine (C=N–C) groups is 1. The normalized spacial score (nSPS) is 11.8. The number of aromatic nitrogens is 2. The number of pyridine rings is 2. The molecule has 0 aliphatic carbocycles. The molecule has 24 heavy (non-hydrogen) atoms. The molecule has 126 valence electrons. The zero-order valence-electron chi connectivity index (χ0n) is 13.9. The smallest absolute Gasteiger partial charge is 0.197 e. The molecule has 2 aromatic heterocycles. The summed E-state index contributed by atoms with van der Waals surface area (Å²) in [5.41, 5.74) is 5.84. The Bertz CT molecular complexity index is 714. The van der Waals surface area contributed by atoms with E-state index in [1.165, 1.54) is 0 Å². The van der Waals surface area contributed by atoms with Crippen molar-refractivity contribution in [3.05, 3.63) is 49.1 Å². The van der Waals surface area contributed by atoms with Crippen molar-refractivity contribution in [2.75, 3.05) is 7.05 Å². The molecular weight excluding hydrogens is 306 g/mol. The zero-order chi connectivity index (χ0) is 17.4. The van der Waals surface area contributed by atoms with Gasteiger partial charge in [-0.05, 0) is 38.3 Å². The largest absolute Gasteiger partial charge is 0.487 e. The summed E-state index contributed by atoms with van der Waals surface area (Å²) in [7, 11) is 1.78. The molecule has 0 saturated heterocycles. The molecule has 0 fully saturated rings. The van der Waals surface area contributed by atoms with Gasteiger partial charge >= 0.3 is 0 Å². The molecular formula is C17H21N5O2. The van der Waals surface area contributed by atoms with Crippen molar-refractivity contribution in [1.82, 2.24) is 15.3 Å². The standard InChI is InChI=1S/C17H21N5O2/c1-12(2)23-15-9-14(24-13-5-4-7-20-10-13)11-21-17(15)22-16(18)6-8-19-3/h4-12,19H,1-3H3,(H2,18,21,22)/b8-6-. The van der Waals surface area contributed by atoms with Gasteiger partial charge in [0.25, 0.3) is 0 Å². The highest BCUT2D eigenvalue weighted by molar-refractivity contribution is 5.93. The third-order valence-electron chi connectivity index (χ3n) is 2.70. The van der Waals surface area contributed by atoms with Crippen LogP contribution in [-0.2, 0) is 0 Å². The number of ether oxygens (including phenoxy) is 2. The summed E-state index contributed by atoms with van der Waals surface area (Å²) in [6, 6.07) is 5.33. The van der Waals surface area contributed by atoms with Crippen LogP contribution in [0, 0.1) is 0 Å². The molecule has 0 amide bonds. The van der Waals surface area contributed by atoms with Crippen LogP contribution in [0.15, 0.2) is 54.1 Å². The van der Waals surface area contributed by atoms with E-state index in [-0.39, 0.29) is 6.10 Å². The molecule has 0 aliphatic heterocycles. The maximum atomic E-state index is 5.84. The Balaban J connectivity index is 2.29. The lowest BCUT2D eigenvalue weighted by Gasteiger charge is -2.13. The van der Waals surface area contributed by atoms with Gasteiger partial charge in [0.1, 0.15) is 17.3 Å². The van der Waals surface area contributed by atoms with Crippen molar-refractivity contribution in [2.45, 2.75) is 20.0 Å². The molecule has 3 N–H and O–H groups in total. The molecule has 0 spiro atoms. The van der Waals surface area contributed by atoms with Crippen LogP contribution in [0.1, 0.15) is 13.8 Å². The first-order chi connectivity index (χ1) is 11.6. The van der Waals surface area contributed by atoms with E-state index in [0.29, 0.717) is 28.9 Å². The van der Waals surface area contributed by atoms with Gasteiger partial charge in [0, 0.05) is 19.3 Å². The van der Waals surface area contributed by atoms with Gasteiger partial charge in [-0.2, -0.15) is 0 Å². The van der Waals surface area contributed by atoms with E-state index in [9.17, 15) is 0 Å². The second-order valence-electron chi connectivity index (χ2n) is 5.11. The minimum Gasteiger partial charge on any atom is -0.487 e. The fraction of sp³-hybridized carbons (Fsp3) is 0.235. The predicted molar refractivity (Wildman–Crippen MR) is 93.8 cm³/mol. The van der Waals surface area contributed by atoms with Crippen molar-refractivity contribution in [2.24, 2.45) is 10.7 Å². The predicted octanol–water partition coefficient (Wildman–Crippen LogP) is 2.78. The minimum absolute atomic E-state index is 0.0385. The maximum absolute atomic E-state index is 5.84. The molecule has 0 aromatic carbocycles. The fourth-order valence-corrected chi connectivity index (χ4v) is 1.77.